The van der Waals surface area contributed by atoms with Gasteiger partial charge in [0.25, 0.3) is 0 Å². The highest BCUT2D eigenvalue weighted by Gasteiger charge is 2.46. The fourth-order valence-electron chi connectivity index (χ4n) is 3.73. The van der Waals surface area contributed by atoms with E-state index in [1.165, 1.54) is 11.1 Å². The van der Waals surface area contributed by atoms with E-state index in [-0.39, 0.29) is 0 Å². The standard InChI is InChI=1S/C20H17F/c1-14-8-7-13-18-19(14)16-11-5-6-12-17(16)20(18,21)15-9-3-2-4-10-15/h2-4,6-10,12-13H,5,11H2,1H3. The largest absolute Gasteiger partial charge is 0.228 e. The maximum Gasteiger partial charge on any atom is 0.187 e. The van der Waals surface area contributed by atoms with Gasteiger partial charge in [-0.1, -0.05) is 60.7 Å². The molecule has 0 N–H and O–H groups in total. The molecule has 0 fully saturated rings. The molecule has 0 radical (unpaired) electrons. The molecule has 0 aliphatic heterocycles. The molecule has 1 atom stereocenters. The van der Waals surface area contributed by atoms with Gasteiger partial charge in [-0.2, -0.15) is 0 Å². The van der Waals surface area contributed by atoms with Crippen LogP contribution in [0.4, 0.5) is 4.39 Å². The van der Waals surface area contributed by atoms with Gasteiger partial charge in [0, 0.05) is 11.1 Å². The smallest absolute Gasteiger partial charge is 0.187 e. The lowest BCUT2D eigenvalue weighted by Gasteiger charge is -2.25. The van der Waals surface area contributed by atoms with Crippen molar-refractivity contribution in [1.29, 1.82) is 0 Å². The van der Waals surface area contributed by atoms with Crippen LogP contribution in [0.2, 0.25) is 0 Å². The van der Waals surface area contributed by atoms with Crippen LogP contribution in [-0.2, 0) is 5.67 Å². The molecular weight excluding hydrogens is 259 g/mol. The summed E-state index contributed by atoms with van der Waals surface area (Å²) in [5.74, 6) is 0. The van der Waals surface area contributed by atoms with Gasteiger partial charge in [0.1, 0.15) is 0 Å². The van der Waals surface area contributed by atoms with E-state index in [1.54, 1.807) is 0 Å². The molecule has 0 bridgehead atoms. The molecule has 4 rings (SSSR count). The molecule has 0 saturated carbocycles. The van der Waals surface area contributed by atoms with Crippen molar-refractivity contribution < 1.29 is 4.39 Å². The van der Waals surface area contributed by atoms with E-state index in [0.717, 1.165) is 35.1 Å². The van der Waals surface area contributed by atoms with E-state index in [1.807, 2.05) is 48.5 Å². The molecule has 2 aliphatic carbocycles. The average Bonchev–Trinajstić information content (AvgIpc) is 2.81. The van der Waals surface area contributed by atoms with Crippen molar-refractivity contribution >= 4 is 5.57 Å². The van der Waals surface area contributed by atoms with Gasteiger partial charge >= 0.3 is 0 Å². The van der Waals surface area contributed by atoms with Crippen molar-refractivity contribution in [3.63, 3.8) is 0 Å². The third-order valence-electron chi connectivity index (χ3n) is 4.66. The molecule has 1 heteroatoms. The van der Waals surface area contributed by atoms with Gasteiger partial charge in [-0.15, -0.1) is 0 Å². The third-order valence-corrected chi connectivity index (χ3v) is 4.66. The summed E-state index contributed by atoms with van der Waals surface area (Å²) in [4.78, 5) is 0. The first kappa shape index (κ1) is 12.6. The molecule has 2 aromatic carbocycles. The lowest BCUT2D eigenvalue weighted by Crippen LogP contribution is -2.21. The molecule has 1 unspecified atom stereocenters. The predicted molar refractivity (Wildman–Crippen MR) is 84.8 cm³/mol. The van der Waals surface area contributed by atoms with Crippen LogP contribution in [0.25, 0.3) is 5.57 Å². The molecule has 2 aromatic rings. The molecule has 0 heterocycles. The predicted octanol–water partition coefficient (Wildman–Crippen LogP) is 5.33. The van der Waals surface area contributed by atoms with Crippen LogP contribution in [0.1, 0.15) is 35.1 Å². The van der Waals surface area contributed by atoms with Gasteiger partial charge in [-0.25, -0.2) is 4.39 Å². The SMILES string of the molecule is Cc1cccc2c1C1=C(C=CCC1)C2(F)c1ccccc1. The second-order valence-corrected chi connectivity index (χ2v) is 5.86. The minimum atomic E-state index is -1.51. The van der Waals surface area contributed by atoms with Crippen LogP contribution >= 0.6 is 0 Å². The summed E-state index contributed by atoms with van der Waals surface area (Å²) in [6, 6.07) is 15.5. The van der Waals surface area contributed by atoms with Crippen molar-refractivity contribution in [3.8, 4) is 0 Å². The molecule has 104 valence electrons. The lowest BCUT2D eigenvalue weighted by molar-refractivity contribution is 0.285. The first-order chi connectivity index (χ1) is 10.2. The summed E-state index contributed by atoms with van der Waals surface area (Å²) in [6.07, 6.45) is 6.02. The van der Waals surface area contributed by atoms with Crippen molar-refractivity contribution in [2.24, 2.45) is 0 Å². The summed E-state index contributed by atoms with van der Waals surface area (Å²) in [5, 5.41) is 0. The highest BCUT2D eigenvalue weighted by atomic mass is 19.1. The Bertz CT molecular complexity index is 768. The molecule has 0 amide bonds. The van der Waals surface area contributed by atoms with Crippen LogP contribution in [0.15, 0.2) is 66.3 Å². The summed E-state index contributed by atoms with van der Waals surface area (Å²) in [6.45, 7) is 2.08. The fraction of sp³-hybridized carbons (Fsp3) is 0.200. The zero-order valence-corrected chi connectivity index (χ0v) is 12.1. The van der Waals surface area contributed by atoms with Crippen molar-refractivity contribution in [1.82, 2.24) is 0 Å². The second kappa shape index (κ2) is 4.42. The van der Waals surface area contributed by atoms with Crippen LogP contribution in [0, 0.1) is 6.92 Å². The molecule has 21 heavy (non-hydrogen) atoms. The Hall–Kier alpha value is -2.15. The normalized spacial score (nSPS) is 23.1. The van der Waals surface area contributed by atoms with E-state index in [2.05, 4.69) is 19.1 Å². The summed E-state index contributed by atoms with van der Waals surface area (Å²) < 4.78 is 16.2. The number of hydrogen-bond acceptors (Lipinski definition) is 0. The number of benzene rings is 2. The van der Waals surface area contributed by atoms with Crippen molar-refractivity contribution in [3.05, 3.63) is 88.5 Å². The number of halogens is 1. The van der Waals surface area contributed by atoms with Gasteiger partial charge in [0.15, 0.2) is 5.67 Å². The van der Waals surface area contributed by atoms with E-state index in [4.69, 9.17) is 0 Å². The van der Waals surface area contributed by atoms with Gasteiger partial charge in [-0.05, 0) is 42.0 Å². The Morgan fingerprint density at radius 1 is 1.00 bits per heavy atom. The maximum absolute atomic E-state index is 16.2. The quantitative estimate of drug-likeness (QED) is 0.660. The molecule has 2 aliphatic rings. The third kappa shape index (κ3) is 1.61. The van der Waals surface area contributed by atoms with E-state index >= 15 is 4.39 Å². The van der Waals surface area contributed by atoms with Crippen molar-refractivity contribution in [2.75, 3.05) is 0 Å². The highest BCUT2D eigenvalue weighted by Crippen LogP contribution is 2.55. The number of rotatable bonds is 1. The van der Waals surface area contributed by atoms with E-state index in [9.17, 15) is 0 Å². The Kier molecular flexibility index (Phi) is 2.65. The Morgan fingerprint density at radius 3 is 2.62 bits per heavy atom. The average molecular weight is 276 g/mol. The van der Waals surface area contributed by atoms with Gasteiger partial charge < -0.3 is 0 Å². The van der Waals surface area contributed by atoms with E-state index < -0.39 is 5.67 Å². The zero-order valence-electron chi connectivity index (χ0n) is 12.1. The topological polar surface area (TPSA) is 0 Å². The Morgan fingerprint density at radius 2 is 1.81 bits per heavy atom. The molecule has 0 nitrogen and oxygen atoms in total. The molecule has 0 aromatic heterocycles. The monoisotopic (exact) mass is 276 g/mol. The van der Waals surface area contributed by atoms with Crippen molar-refractivity contribution in [2.45, 2.75) is 25.4 Å². The Labute approximate surface area is 124 Å². The minimum Gasteiger partial charge on any atom is -0.228 e. The second-order valence-electron chi connectivity index (χ2n) is 5.86. The first-order valence-electron chi connectivity index (χ1n) is 7.48. The highest BCUT2D eigenvalue weighted by molar-refractivity contribution is 5.86. The van der Waals surface area contributed by atoms with E-state index in [0.29, 0.717) is 0 Å². The first-order valence-corrected chi connectivity index (χ1v) is 7.48. The minimum absolute atomic E-state index is 0.730. The van der Waals surface area contributed by atoms with Gasteiger partial charge in [0.2, 0.25) is 0 Å². The number of allylic oxidation sites excluding steroid dienone is 4. The maximum atomic E-state index is 16.2. The zero-order chi connectivity index (χ0) is 14.4. The van der Waals surface area contributed by atoms with Crippen LogP contribution < -0.4 is 0 Å². The lowest BCUT2D eigenvalue weighted by atomic mass is 9.84. The number of hydrogen-bond donors (Lipinski definition) is 0. The number of alkyl halides is 1. The molecular formula is C20H17F. The molecule has 0 spiro atoms. The summed E-state index contributed by atoms with van der Waals surface area (Å²) >= 11 is 0. The van der Waals surface area contributed by atoms with Crippen LogP contribution in [-0.4, -0.2) is 0 Å². The Balaban J connectivity index is 2.07. The number of fused-ring (bicyclic) bond motifs is 2. The summed E-state index contributed by atoms with van der Waals surface area (Å²) in [7, 11) is 0. The summed E-state index contributed by atoms with van der Waals surface area (Å²) in [5.41, 5.74) is 4.36. The number of aryl methyl sites for hydroxylation is 1. The van der Waals surface area contributed by atoms with Crippen LogP contribution in [0.5, 0.6) is 0 Å². The molecule has 0 saturated heterocycles. The van der Waals surface area contributed by atoms with Crippen LogP contribution in [0.3, 0.4) is 0 Å². The fourth-order valence-corrected chi connectivity index (χ4v) is 3.73. The van der Waals surface area contributed by atoms with Gasteiger partial charge in [0.05, 0.1) is 0 Å². The van der Waals surface area contributed by atoms with Gasteiger partial charge in [-0.3, -0.25) is 0 Å².